The highest BCUT2D eigenvalue weighted by molar-refractivity contribution is 9.10. The number of benzene rings is 1. The van der Waals surface area contributed by atoms with E-state index in [1.807, 2.05) is 30.3 Å². The Morgan fingerprint density at radius 1 is 1.11 bits per heavy atom. The van der Waals surface area contributed by atoms with Gasteiger partial charge >= 0.3 is 5.97 Å². The number of aliphatic carboxylic acids is 1. The molecule has 202 valence electrons. The van der Waals surface area contributed by atoms with Crippen molar-refractivity contribution in [1.82, 2.24) is 19.9 Å². The molecule has 0 aliphatic carbocycles. The van der Waals surface area contributed by atoms with Crippen LogP contribution in [0.1, 0.15) is 36.9 Å². The number of hydrogen-bond acceptors (Lipinski definition) is 8. The van der Waals surface area contributed by atoms with Crippen LogP contribution >= 0.6 is 15.9 Å². The molecule has 38 heavy (non-hydrogen) atoms. The highest BCUT2D eigenvalue weighted by atomic mass is 79.9. The number of fused-ring (bicyclic) bond motifs is 1. The molecule has 1 unspecified atom stereocenters. The molecule has 1 aliphatic rings. The third kappa shape index (κ3) is 8.95. The Labute approximate surface area is 232 Å². The van der Waals surface area contributed by atoms with E-state index in [0.717, 1.165) is 66.9 Å². The van der Waals surface area contributed by atoms with E-state index in [1.54, 1.807) is 12.4 Å². The molecule has 3 N–H and O–H groups in total. The maximum Gasteiger partial charge on any atom is 0.326 e. The summed E-state index contributed by atoms with van der Waals surface area (Å²) in [6.07, 6.45) is 8.77. The predicted molar refractivity (Wildman–Crippen MR) is 152 cm³/mol. The van der Waals surface area contributed by atoms with Gasteiger partial charge in [-0.15, -0.1) is 0 Å². The van der Waals surface area contributed by atoms with Crippen LogP contribution in [0.5, 0.6) is 5.75 Å². The summed E-state index contributed by atoms with van der Waals surface area (Å²) in [5, 5.41) is 16.1. The van der Waals surface area contributed by atoms with Gasteiger partial charge in [-0.3, -0.25) is 4.90 Å². The SMILES string of the molecule is O=C(O)C(CCN(CCCCc1ccc2c(n1)NCCC2)CCOc1ccccc1)Nc1ncc(Br)cn1. The van der Waals surface area contributed by atoms with Gasteiger partial charge in [0.25, 0.3) is 0 Å². The zero-order valence-corrected chi connectivity index (χ0v) is 23.1. The minimum absolute atomic E-state index is 0.298. The maximum absolute atomic E-state index is 11.9. The lowest BCUT2D eigenvalue weighted by Gasteiger charge is -2.24. The zero-order valence-electron chi connectivity index (χ0n) is 21.5. The van der Waals surface area contributed by atoms with E-state index in [0.29, 0.717) is 32.1 Å². The van der Waals surface area contributed by atoms with Gasteiger partial charge < -0.3 is 20.5 Å². The quantitative estimate of drug-likeness (QED) is 0.220. The number of rotatable bonds is 15. The largest absolute Gasteiger partial charge is 0.492 e. The van der Waals surface area contributed by atoms with Crippen molar-refractivity contribution in [2.75, 3.05) is 43.4 Å². The van der Waals surface area contributed by atoms with Crippen molar-refractivity contribution in [2.24, 2.45) is 0 Å². The number of halogens is 1. The fraction of sp³-hybridized carbons (Fsp3) is 0.429. The Hall–Kier alpha value is -3.24. The highest BCUT2D eigenvalue weighted by Crippen LogP contribution is 2.20. The van der Waals surface area contributed by atoms with Crippen molar-refractivity contribution in [3.63, 3.8) is 0 Å². The topological polar surface area (TPSA) is 112 Å². The molecule has 0 amide bonds. The van der Waals surface area contributed by atoms with Crippen molar-refractivity contribution in [3.05, 3.63) is 70.6 Å². The van der Waals surface area contributed by atoms with Crippen molar-refractivity contribution in [2.45, 2.75) is 44.6 Å². The first-order chi connectivity index (χ1) is 18.6. The van der Waals surface area contributed by atoms with E-state index in [-0.39, 0.29) is 0 Å². The summed E-state index contributed by atoms with van der Waals surface area (Å²) in [7, 11) is 0. The van der Waals surface area contributed by atoms with E-state index >= 15 is 0 Å². The fourth-order valence-electron chi connectivity index (χ4n) is 4.41. The first kappa shape index (κ1) is 27.8. The van der Waals surface area contributed by atoms with Gasteiger partial charge in [-0.2, -0.15) is 0 Å². The van der Waals surface area contributed by atoms with E-state index in [4.69, 9.17) is 9.72 Å². The second kappa shape index (κ2) is 14.6. The molecule has 3 heterocycles. The van der Waals surface area contributed by atoms with Gasteiger partial charge in [0.15, 0.2) is 0 Å². The molecule has 9 nitrogen and oxygen atoms in total. The highest BCUT2D eigenvalue weighted by Gasteiger charge is 2.20. The van der Waals surface area contributed by atoms with Gasteiger partial charge in [-0.1, -0.05) is 24.3 Å². The molecule has 1 aliphatic heterocycles. The first-order valence-corrected chi connectivity index (χ1v) is 14.0. The van der Waals surface area contributed by atoms with Crippen LogP contribution in [0.15, 0.2) is 59.3 Å². The van der Waals surface area contributed by atoms with E-state index in [1.165, 1.54) is 5.56 Å². The molecule has 0 bridgehead atoms. The molecule has 3 aromatic rings. The van der Waals surface area contributed by atoms with E-state index in [9.17, 15) is 9.90 Å². The summed E-state index contributed by atoms with van der Waals surface area (Å²) in [5.41, 5.74) is 2.42. The molecule has 0 fully saturated rings. The number of para-hydroxylation sites is 1. The number of ether oxygens (including phenoxy) is 1. The number of carboxylic acid groups (broad SMARTS) is 1. The van der Waals surface area contributed by atoms with Crippen LogP contribution in [0.3, 0.4) is 0 Å². The third-order valence-electron chi connectivity index (χ3n) is 6.48. The van der Waals surface area contributed by atoms with Crippen LogP contribution in [-0.4, -0.2) is 69.8 Å². The zero-order chi connectivity index (χ0) is 26.6. The number of hydrogen-bond donors (Lipinski definition) is 3. The molecule has 0 spiro atoms. The molecular weight excluding hydrogens is 548 g/mol. The number of pyridine rings is 1. The van der Waals surface area contributed by atoms with Crippen LogP contribution in [0.4, 0.5) is 11.8 Å². The minimum atomic E-state index is -0.927. The number of aryl methyl sites for hydroxylation is 2. The van der Waals surface area contributed by atoms with Crippen molar-refractivity contribution in [1.29, 1.82) is 0 Å². The number of carboxylic acids is 1. The number of carbonyl (C=O) groups is 1. The maximum atomic E-state index is 11.9. The normalized spacial score (nSPS) is 13.4. The second-order valence-electron chi connectivity index (χ2n) is 9.35. The molecule has 0 saturated heterocycles. The Bertz CT molecular complexity index is 1150. The average Bonchev–Trinajstić information content (AvgIpc) is 2.94. The van der Waals surface area contributed by atoms with Gasteiger partial charge in [0.1, 0.15) is 24.2 Å². The Kier molecular flexibility index (Phi) is 10.7. The third-order valence-corrected chi connectivity index (χ3v) is 6.89. The standard InChI is InChI=1S/C28H35BrN6O3/c29-22-19-31-28(32-20-22)34-25(27(36)37)13-16-35(17-18-38-24-9-2-1-3-10-24)15-5-4-8-23-12-11-21-7-6-14-30-26(21)33-23/h1-3,9-12,19-20,25H,4-8,13-18H2,(H,30,33)(H,36,37)(H,31,32,34). The summed E-state index contributed by atoms with van der Waals surface area (Å²) < 4.78 is 6.65. The molecule has 1 aromatic carbocycles. The van der Waals surface area contributed by atoms with Gasteiger partial charge in [-0.25, -0.2) is 19.7 Å². The lowest BCUT2D eigenvalue weighted by Crippen LogP contribution is -2.37. The van der Waals surface area contributed by atoms with Crippen molar-refractivity contribution in [3.8, 4) is 5.75 Å². The number of nitrogens with zero attached hydrogens (tertiary/aromatic N) is 4. The Morgan fingerprint density at radius 3 is 2.71 bits per heavy atom. The first-order valence-electron chi connectivity index (χ1n) is 13.2. The van der Waals surface area contributed by atoms with Crippen LogP contribution in [0, 0.1) is 0 Å². The monoisotopic (exact) mass is 582 g/mol. The smallest absolute Gasteiger partial charge is 0.326 e. The summed E-state index contributed by atoms with van der Waals surface area (Å²) in [4.78, 5) is 27.3. The van der Waals surface area contributed by atoms with Crippen molar-refractivity contribution < 1.29 is 14.6 Å². The second-order valence-corrected chi connectivity index (χ2v) is 10.3. The van der Waals surface area contributed by atoms with Gasteiger partial charge in [-0.05, 0) is 84.8 Å². The van der Waals surface area contributed by atoms with E-state index < -0.39 is 12.0 Å². The number of aromatic nitrogens is 3. The number of unbranched alkanes of at least 4 members (excludes halogenated alkanes) is 1. The minimum Gasteiger partial charge on any atom is -0.492 e. The molecular formula is C28H35BrN6O3. The summed E-state index contributed by atoms with van der Waals surface area (Å²) in [6, 6.07) is 13.3. The fourth-order valence-corrected chi connectivity index (χ4v) is 4.61. The van der Waals surface area contributed by atoms with E-state index in [2.05, 4.69) is 53.6 Å². The summed E-state index contributed by atoms with van der Waals surface area (Å²) in [6.45, 7) is 3.69. The van der Waals surface area contributed by atoms with Gasteiger partial charge in [0.05, 0.1) is 4.47 Å². The lowest BCUT2D eigenvalue weighted by atomic mass is 10.1. The van der Waals surface area contributed by atoms with Crippen LogP contribution in [0.25, 0.3) is 0 Å². The molecule has 1 atom stereocenters. The molecule has 10 heteroatoms. The Balaban J connectivity index is 1.29. The lowest BCUT2D eigenvalue weighted by molar-refractivity contribution is -0.138. The number of anilines is 2. The molecule has 0 saturated carbocycles. The van der Waals surface area contributed by atoms with Crippen LogP contribution in [0.2, 0.25) is 0 Å². The summed E-state index contributed by atoms with van der Waals surface area (Å²) in [5.74, 6) is 1.24. The molecule has 4 rings (SSSR count). The Morgan fingerprint density at radius 2 is 1.92 bits per heavy atom. The van der Waals surface area contributed by atoms with Crippen molar-refractivity contribution >= 4 is 33.7 Å². The predicted octanol–water partition coefficient (Wildman–Crippen LogP) is 4.65. The average molecular weight is 584 g/mol. The molecule has 0 radical (unpaired) electrons. The van der Waals surface area contributed by atoms with Crippen LogP contribution in [-0.2, 0) is 17.6 Å². The van der Waals surface area contributed by atoms with Crippen LogP contribution < -0.4 is 15.4 Å². The van der Waals surface area contributed by atoms with Gasteiger partial charge in [0.2, 0.25) is 5.95 Å². The summed E-state index contributed by atoms with van der Waals surface area (Å²) >= 11 is 3.30. The van der Waals surface area contributed by atoms with Gasteiger partial charge in [0, 0.05) is 37.7 Å². The molecule has 2 aromatic heterocycles. The number of nitrogens with one attached hydrogen (secondary N) is 2.